The van der Waals surface area contributed by atoms with E-state index in [1.54, 1.807) is 6.07 Å². The highest BCUT2D eigenvalue weighted by Gasteiger charge is 2.06. The van der Waals surface area contributed by atoms with Gasteiger partial charge in [-0.2, -0.15) is 0 Å². The van der Waals surface area contributed by atoms with Crippen molar-refractivity contribution in [2.24, 2.45) is 5.73 Å². The van der Waals surface area contributed by atoms with Gasteiger partial charge in [-0.05, 0) is 12.1 Å². The van der Waals surface area contributed by atoms with E-state index in [2.05, 4.69) is 15.3 Å². The fraction of sp³-hybridized carbons (Fsp3) is 0.200. The van der Waals surface area contributed by atoms with Crippen LogP contribution >= 0.6 is 0 Å². The first-order valence-corrected chi connectivity index (χ1v) is 6.72. The molecule has 0 spiro atoms. The molecular formula is C15H16F2N4O2. The van der Waals surface area contributed by atoms with Gasteiger partial charge in [-0.15, -0.1) is 0 Å². The number of hydrogen-bond donors (Lipinski definition) is 3. The molecule has 1 heterocycles. The van der Waals surface area contributed by atoms with Gasteiger partial charge in [-0.1, -0.05) is 12.1 Å². The SMILES string of the molecule is N/C(=C\Nc1cccc(C(F)F)c1)COc1ncc(CO)cn1. The van der Waals surface area contributed by atoms with Crippen LogP contribution in [-0.2, 0) is 6.61 Å². The van der Waals surface area contributed by atoms with Crippen molar-refractivity contribution < 1.29 is 18.6 Å². The zero-order valence-corrected chi connectivity index (χ0v) is 12.1. The summed E-state index contributed by atoms with van der Waals surface area (Å²) in [6.45, 7) is -0.121. The van der Waals surface area contributed by atoms with Gasteiger partial charge >= 0.3 is 6.01 Å². The molecule has 2 rings (SSSR count). The number of aliphatic hydroxyl groups excluding tert-OH is 1. The molecule has 0 bridgehead atoms. The lowest BCUT2D eigenvalue weighted by Crippen LogP contribution is -2.12. The first kappa shape index (κ1) is 16.6. The minimum absolute atomic E-state index is 0.0278. The largest absolute Gasteiger partial charge is 0.457 e. The molecule has 0 fully saturated rings. The number of hydrogen-bond acceptors (Lipinski definition) is 6. The van der Waals surface area contributed by atoms with Crippen molar-refractivity contribution in [3.8, 4) is 6.01 Å². The Morgan fingerprint density at radius 2 is 2.09 bits per heavy atom. The van der Waals surface area contributed by atoms with E-state index in [1.807, 2.05) is 0 Å². The summed E-state index contributed by atoms with van der Waals surface area (Å²) in [7, 11) is 0. The van der Waals surface area contributed by atoms with Crippen LogP contribution in [-0.4, -0.2) is 21.7 Å². The molecule has 1 aromatic heterocycles. The summed E-state index contributed by atoms with van der Waals surface area (Å²) in [5.74, 6) is 0. The van der Waals surface area contributed by atoms with Crippen LogP contribution in [0.1, 0.15) is 17.6 Å². The van der Waals surface area contributed by atoms with Crippen LogP contribution in [0.25, 0.3) is 0 Å². The monoisotopic (exact) mass is 322 g/mol. The Kier molecular flexibility index (Phi) is 5.81. The highest BCUT2D eigenvalue weighted by Crippen LogP contribution is 2.21. The fourth-order valence-corrected chi connectivity index (χ4v) is 1.63. The van der Waals surface area contributed by atoms with Crippen molar-refractivity contribution >= 4 is 5.69 Å². The second-order valence-electron chi connectivity index (χ2n) is 4.61. The van der Waals surface area contributed by atoms with Crippen molar-refractivity contribution in [3.63, 3.8) is 0 Å². The molecule has 0 saturated heterocycles. The maximum absolute atomic E-state index is 12.6. The molecule has 0 aliphatic carbocycles. The van der Waals surface area contributed by atoms with Gasteiger partial charge in [-0.25, -0.2) is 18.7 Å². The van der Waals surface area contributed by atoms with E-state index in [0.29, 0.717) is 16.9 Å². The smallest absolute Gasteiger partial charge is 0.316 e. The van der Waals surface area contributed by atoms with Crippen LogP contribution in [0.3, 0.4) is 0 Å². The molecule has 2 aromatic rings. The lowest BCUT2D eigenvalue weighted by Gasteiger charge is -2.07. The molecule has 0 aliphatic rings. The van der Waals surface area contributed by atoms with E-state index >= 15 is 0 Å². The minimum Gasteiger partial charge on any atom is -0.457 e. The lowest BCUT2D eigenvalue weighted by molar-refractivity contribution is 0.151. The van der Waals surface area contributed by atoms with E-state index in [9.17, 15) is 8.78 Å². The van der Waals surface area contributed by atoms with E-state index in [-0.39, 0.29) is 24.8 Å². The molecule has 0 saturated carbocycles. The number of nitrogens with zero attached hydrogens (tertiary/aromatic N) is 2. The second kappa shape index (κ2) is 8.04. The van der Waals surface area contributed by atoms with Crippen molar-refractivity contribution in [1.29, 1.82) is 0 Å². The van der Waals surface area contributed by atoms with E-state index in [1.165, 1.54) is 36.8 Å². The number of alkyl halides is 2. The summed E-state index contributed by atoms with van der Waals surface area (Å²) in [6.07, 6.45) is 1.81. The molecule has 8 heteroatoms. The maximum atomic E-state index is 12.6. The molecule has 0 radical (unpaired) electrons. The molecule has 1 aromatic carbocycles. The Morgan fingerprint density at radius 3 is 2.74 bits per heavy atom. The third-order valence-corrected chi connectivity index (χ3v) is 2.79. The first-order valence-electron chi connectivity index (χ1n) is 6.72. The number of rotatable bonds is 7. The summed E-state index contributed by atoms with van der Waals surface area (Å²) in [4.78, 5) is 7.78. The summed E-state index contributed by atoms with van der Waals surface area (Å²) < 4.78 is 30.4. The van der Waals surface area contributed by atoms with Gasteiger partial charge in [0, 0.05) is 35.4 Å². The summed E-state index contributed by atoms with van der Waals surface area (Å²) in [5, 5.41) is 11.7. The van der Waals surface area contributed by atoms with E-state index in [4.69, 9.17) is 15.6 Å². The Bertz CT molecular complexity index is 663. The van der Waals surface area contributed by atoms with Gasteiger partial charge in [0.1, 0.15) is 6.61 Å². The molecule has 6 nitrogen and oxygen atoms in total. The standard InChI is InChI=1S/C15H16F2N4O2/c16-14(17)11-2-1-3-13(4-11)19-7-12(18)9-23-15-20-5-10(8-22)6-21-15/h1-7,14,19,22H,8-9,18H2/b12-7-. The summed E-state index contributed by atoms with van der Waals surface area (Å²) in [5.41, 5.74) is 7.08. The van der Waals surface area contributed by atoms with Gasteiger partial charge in [0.2, 0.25) is 0 Å². The third kappa shape index (κ3) is 5.19. The van der Waals surface area contributed by atoms with Crippen molar-refractivity contribution in [1.82, 2.24) is 9.97 Å². The number of nitrogens with two attached hydrogens (primary N) is 1. The number of benzene rings is 1. The van der Waals surface area contributed by atoms with E-state index in [0.717, 1.165) is 0 Å². The number of halogens is 2. The zero-order valence-electron chi connectivity index (χ0n) is 12.1. The predicted octanol–water partition coefficient (Wildman–Crippen LogP) is 2.20. The average Bonchev–Trinajstić information content (AvgIpc) is 2.58. The number of anilines is 1. The van der Waals surface area contributed by atoms with E-state index < -0.39 is 6.43 Å². The number of nitrogens with one attached hydrogen (secondary N) is 1. The lowest BCUT2D eigenvalue weighted by atomic mass is 10.2. The highest BCUT2D eigenvalue weighted by molar-refractivity contribution is 5.48. The molecule has 0 unspecified atom stereocenters. The molecule has 0 amide bonds. The molecule has 0 atom stereocenters. The van der Waals surface area contributed by atoms with Gasteiger partial charge in [-0.3, -0.25) is 0 Å². The van der Waals surface area contributed by atoms with Crippen LogP contribution in [0, 0.1) is 0 Å². The van der Waals surface area contributed by atoms with Gasteiger partial charge < -0.3 is 20.9 Å². The molecule has 4 N–H and O–H groups in total. The van der Waals surface area contributed by atoms with Crippen LogP contribution in [0.15, 0.2) is 48.6 Å². The van der Waals surface area contributed by atoms with Gasteiger partial charge in [0.05, 0.1) is 12.3 Å². The Labute approximate surface area is 131 Å². The Balaban J connectivity index is 1.88. The Hall–Kier alpha value is -2.74. The molecule has 0 aliphatic heterocycles. The Morgan fingerprint density at radius 1 is 1.35 bits per heavy atom. The minimum atomic E-state index is -2.53. The average molecular weight is 322 g/mol. The van der Waals surface area contributed by atoms with Gasteiger partial charge in [0.25, 0.3) is 6.43 Å². The first-order chi connectivity index (χ1) is 11.1. The van der Waals surface area contributed by atoms with Crippen LogP contribution < -0.4 is 15.8 Å². The highest BCUT2D eigenvalue weighted by atomic mass is 19.3. The maximum Gasteiger partial charge on any atom is 0.316 e. The van der Waals surface area contributed by atoms with Crippen molar-refractivity contribution in [2.75, 3.05) is 11.9 Å². The number of aliphatic hydroxyl groups is 1. The van der Waals surface area contributed by atoms with Gasteiger partial charge in [0.15, 0.2) is 0 Å². The molecular weight excluding hydrogens is 306 g/mol. The van der Waals surface area contributed by atoms with Crippen molar-refractivity contribution in [2.45, 2.75) is 13.0 Å². The summed E-state index contributed by atoms with van der Waals surface area (Å²) in [6, 6.07) is 5.98. The van der Waals surface area contributed by atoms with Crippen LogP contribution in [0.5, 0.6) is 6.01 Å². The third-order valence-electron chi connectivity index (χ3n) is 2.79. The number of ether oxygens (including phenoxy) is 1. The zero-order chi connectivity index (χ0) is 16.7. The summed E-state index contributed by atoms with van der Waals surface area (Å²) >= 11 is 0. The second-order valence-corrected chi connectivity index (χ2v) is 4.61. The predicted molar refractivity (Wildman–Crippen MR) is 80.7 cm³/mol. The van der Waals surface area contributed by atoms with Crippen LogP contribution in [0.2, 0.25) is 0 Å². The fourth-order valence-electron chi connectivity index (χ4n) is 1.63. The van der Waals surface area contributed by atoms with Crippen molar-refractivity contribution in [3.05, 3.63) is 59.7 Å². The normalized spacial score (nSPS) is 11.6. The van der Waals surface area contributed by atoms with Crippen LogP contribution in [0.4, 0.5) is 14.5 Å². The molecule has 122 valence electrons. The number of aromatic nitrogens is 2. The molecule has 23 heavy (non-hydrogen) atoms. The quantitative estimate of drug-likeness (QED) is 0.723. The topological polar surface area (TPSA) is 93.3 Å².